The number of benzene rings is 2. The number of hydrogen-bond acceptors (Lipinski definition) is 6. The van der Waals surface area contributed by atoms with E-state index in [1.54, 1.807) is 12.3 Å². The number of fused-ring (bicyclic) bond motifs is 1. The van der Waals surface area contributed by atoms with Crippen molar-refractivity contribution < 1.29 is 4.79 Å². The Kier molecular flexibility index (Phi) is 4.48. The molecule has 0 spiro atoms. The first-order valence-corrected chi connectivity index (χ1v) is 9.86. The van der Waals surface area contributed by atoms with Gasteiger partial charge in [0.25, 0.3) is 5.91 Å². The van der Waals surface area contributed by atoms with Gasteiger partial charge in [0.15, 0.2) is 0 Å². The Morgan fingerprint density at radius 2 is 1.71 bits per heavy atom. The summed E-state index contributed by atoms with van der Waals surface area (Å²) in [6.07, 6.45) is 3.72. The number of aromatic nitrogens is 1. The number of carbonyl (C=O) groups is 1. The van der Waals surface area contributed by atoms with Crippen molar-refractivity contribution >= 4 is 40.2 Å². The zero-order valence-electron chi connectivity index (χ0n) is 16.8. The molecule has 152 valence electrons. The smallest absolute Gasteiger partial charge is 0.275 e. The van der Waals surface area contributed by atoms with Gasteiger partial charge in [0.1, 0.15) is 5.82 Å². The minimum Gasteiger partial charge on any atom is -0.384 e. The van der Waals surface area contributed by atoms with E-state index in [0.29, 0.717) is 22.8 Å². The molecule has 0 aliphatic carbocycles. The number of nitrogens with zero attached hydrogens (tertiary/aromatic N) is 3. The van der Waals surface area contributed by atoms with Crippen molar-refractivity contribution in [1.29, 1.82) is 0 Å². The third kappa shape index (κ3) is 3.32. The van der Waals surface area contributed by atoms with Crippen molar-refractivity contribution in [1.82, 2.24) is 10.4 Å². The second kappa shape index (κ2) is 7.46. The Bertz CT molecular complexity index is 1260. The topological polar surface area (TPSA) is 95.6 Å². The summed E-state index contributed by atoms with van der Waals surface area (Å²) in [4.78, 5) is 18.9. The van der Waals surface area contributed by atoms with E-state index in [0.717, 1.165) is 28.3 Å². The fourth-order valence-electron chi connectivity index (χ4n) is 3.79. The third-order valence-electron chi connectivity index (χ3n) is 5.22. The molecule has 7 nitrogen and oxygen atoms in total. The van der Waals surface area contributed by atoms with Crippen LogP contribution in [0.25, 0.3) is 5.70 Å². The standard InChI is InChI=1S/C24H20N6O/c1-15-23(24(31)29-28-15)20-13-21(18-9-5-6-10-19(18)27-20)30(16-7-3-2-4-8-16)17-11-12-22(25)26-14-17/h2-14,27H,1H3,(H2,25,26)(H,29,31)/b23-20-. The molecular weight excluding hydrogens is 388 g/mol. The summed E-state index contributed by atoms with van der Waals surface area (Å²) in [7, 11) is 0. The summed E-state index contributed by atoms with van der Waals surface area (Å²) in [6.45, 7) is 1.81. The number of amides is 1. The van der Waals surface area contributed by atoms with Crippen molar-refractivity contribution in [2.75, 3.05) is 16.0 Å². The molecule has 0 radical (unpaired) electrons. The number of para-hydroxylation sites is 2. The number of pyridine rings is 1. The maximum absolute atomic E-state index is 12.5. The molecule has 2 aliphatic rings. The number of carbonyl (C=O) groups excluding carboxylic acids is 1. The fourth-order valence-corrected chi connectivity index (χ4v) is 3.79. The molecule has 0 fully saturated rings. The van der Waals surface area contributed by atoms with Crippen LogP contribution in [-0.4, -0.2) is 16.6 Å². The van der Waals surface area contributed by atoms with Gasteiger partial charge in [-0.3, -0.25) is 4.79 Å². The number of allylic oxidation sites excluding steroid dienone is 1. The molecule has 2 aliphatic heterocycles. The Hall–Kier alpha value is -4.39. The van der Waals surface area contributed by atoms with Crippen LogP contribution >= 0.6 is 0 Å². The lowest BCUT2D eigenvalue weighted by atomic mass is 9.98. The van der Waals surface area contributed by atoms with Crippen molar-refractivity contribution in [3.8, 4) is 0 Å². The summed E-state index contributed by atoms with van der Waals surface area (Å²) in [6, 6.07) is 21.7. The number of nitrogen functional groups attached to an aromatic ring is 1. The second-order valence-electron chi connectivity index (χ2n) is 7.24. The van der Waals surface area contributed by atoms with Crippen molar-refractivity contribution in [3.63, 3.8) is 0 Å². The molecule has 2 aromatic carbocycles. The van der Waals surface area contributed by atoms with Crippen LogP contribution in [0.3, 0.4) is 0 Å². The summed E-state index contributed by atoms with van der Waals surface area (Å²) >= 11 is 0. The van der Waals surface area contributed by atoms with Gasteiger partial charge in [-0.2, -0.15) is 5.10 Å². The summed E-state index contributed by atoms with van der Waals surface area (Å²) < 4.78 is 0. The summed E-state index contributed by atoms with van der Waals surface area (Å²) in [5, 5.41) is 7.47. The van der Waals surface area contributed by atoms with E-state index in [1.807, 2.05) is 73.7 Å². The lowest BCUT2D eigenvalue weighted by Crippen LogP contribution is -2.23. The van der Waals surface area contributed by atoms with Crippen LogP contribution in [0.1, 0.15) is 12.5 Å². The van der Waals surface area contributed by atoms with E-state index in [4.69, 9.17) is 5.73 Å². The number of hydrogen-bond donors (Lipinski definition) is 3. The van der Waals surface area contributed by atoms with Crippen LogP contribution in [-0.2, 0) is 4.79 Å². The van der Waals surface area contributed by atoms with E-state index in [1.165, 1.54) is 0 Å². The van der Waals surface area contributed by atoms with E-state index >= 15 is 0 Å². The molecule has 1 amide bonds. The maximum atomic E-state index is 12.5. The highest BCUT2D eigenvalue weighted by molar-refractivity contribution is 6.25. The predicted molar refractivity (Wildman–Crippen MR) is 124 cm³/mol. The maximum Gasteiger partial charge on any atom is 0.275 e. The SMILES string of the molecule is CC1=NNC(=O)/C1=C1/C=C(N(c2ccccc2)c2ccc(N)nc2)c2ccccc2N1. The van der Waals surface area contributed by atoms with Gasteiger partial charge >= 0.3 is 0 Å². The van der Waals surface area contributed by atoms with E-state index in [9.17, 15) is 4.79 Å². The Labute approximate surface area is 179 Å². The quantitative estimate of drug-likeness (QED) is 0.569. The molecule has 0 saturated carbocycles. The minimum absolute atomic E-state index is 0.226. The van der Waals surface area contributed by atoms with Gasteiger partial charge in [-0.15, -0.1) is 0 Å². The number of hydrazone groups is 1. The molecule has 0 atom stereocenters. The van der Waals surface area contributed by atoms with Crippen LogP contribution in [0.15, 0.2) is 95.4 Å². The van der Waals surface area contributed by atoms with Crippen LogP contribution in [0.5, 0.6) is 0 Å². The molecule has 0 unspecified atom stereocenters. The molecule has 4 N–H and O–H groups in total. The molecule has 0 saturated heterocycles. The highest BCUT2D eigenvalue weighted by Crippen LogP contribution is 2.40. The van der Waals surface area contributed by atoms with Gasteiger partial charge in [0, 0.05) is 16.9 Å². The highest BCUT2D eigenvalue weighted by atomic mass is 16.2. The molecule has 3 heterocycles. The lowest BCUT2D eigenvalue weighted by molar-refractivity contribution is -0.116. The third-order valence-corrected chi connectivity index (χ3v) is 5.22. The zero-order chi connectivity index (χ0) is 21.4. The number of nitrogens with one attached hydrogen (secondary N) is 2. The van der Waals surface area contributed by atoms with E-state index in [-0.39, 0.29) is 5.91 Å². The Balaban J connectivity index is 1.77. The molecule has 0 bridgehead atoms. The molecule has 1 aromatic heterocycles. The van der Waals surface area contributed by atoms with Crippen LogP contribution < -0.4 is 21.4 Å². The van der Waals surface area contributed by atoms with Gasteiger partial charge in [0.2, 0.25) is 0 Å². The van der Waals surface area contributed by atoms with Gasteiger partial charge in [0.05, 0.1) is 34.6 Å². The second-order valence-corrected chi connectivity index (χ2v) is 7.24. The fraction of sp³-hybridized carbons (Fsp3) is 0.0417. The number of rotatable bonds is 3. The molecule has 7 heteroatoms. The van der Waals surface area contributed by atoms with Crippen molar-refractivity contribution in [2.45, 2.75) is 6.92 Å². The van der Waals surface area contributed by atoms with Crippen molar-refractivity contribution in [2.24, 2.45) is 5.10 Å². The first-order valence-electron chi connectivity index (χ1n) is 9.86. The minimum atomic E-state index is -0.226. The average molecular weight is 408 g/mol. The van der Waals surface area contributed by atoms with E-state index in [2.05, 4.69) is 25.7 Å². The largest absolute Gasteiger partial charge is 0.384 e. The monoisotopic (exact) mass is 408 g/mol. The highest BCUT2D eigenvalue weighted by Gasteiger charge is 2.28. The van der Waals surface area contributed by atoms with Crippen molar-refractivity contribution in [3.05, 3.63) is 95.8 Å². The summed E-state index contributed by atoms with van der Waals surface area (Å²) in [5.74, 6) is 0.226. The average Bonchev–Trinajstić information content (AvgIpc) is 3.14. The van der Waals surface area contributed by atoms with E-state index < -0.39 is 0 Å². The van der Waals surface area contributed by atoms with Gasteiger partial charge in [-0.25, -0.2) is 10.4 Å². The van der Waals surface area contributed by atoms with Gasteiger partial charge in [-0.05, 0) is 43.3 Å². The van der Waals surface area contributed by atoms with Crippen LogP contribution in [0.4, 0.5) is 22.9 Å². The van der Waals surface area contributed by atoms with Gasteiger partial charge in [-0.1, -0.05) is 36.4 Å². The molecular formula is C24H20N6O. The van der Waals surface area contributed by atoms with Gasteiger partial charge < -0.3 is 16.0 Å². The Morgan fingerprint density at radius 3 is 2.42 bits per heavy atom. The normalized spacial score (nSPS) is 17.3. The predicted octanol–water partition coefficient (Wildman–Crippen LogP) is 4.03. The summed E-state index contributed by atoms with van der Waals surface area (Å²) in [5.41, 5.74) is 14.9. The molecule has 31 heavy (non-hydrogen) atoms. The number of nitrogens with two attached hydrogens (primary N) is 1. The zero-order valence-corrected chi connectivity index (χ0v) is 16.8. The number of anilines is 4. The molecule has 5 rings (SSSR count). The first kappa shape index (κ1) is 18.6. The first-order chi connectivity index (χ1) is 15.1. The lowest BCUT2D eigenvalue weighted by Gasteiger charge is -2.32. The van der Waals surface area contributed by atoms with Crippen LogP contribution in [0, 0.1) is 0 Å². The molecule has 3 aromatic rings. The Morgan fingerprint density at radius 1 is 0.935 bits per heavy atom. The van der Waals surface area contributed by atoms with Crippen LogP contribution in [0.2, 0.25) is 0 Å².